The van der Waals surface area contributed by atoms with E-state index in [1.54, 1.807) is 0 Å². The maximum absolute atomic E-state index is 5.93. The summed E-state index contributed by atoms with van der Waals surface area (Å²) in [5.74, 6) is 1.70. The summed E-state index contributed by atoms with van der Waals surface area (Å²) in [6.07, 6.45) is 0. The molecule has 3 heterocycles. The number of rotatable bonds is 2. The number of aromatic nitrogens is 3. The molecule has 0 atom stereocenters. The minimum atomic E-state index is 0.723. The van der Waals surface area contributed by atoms with E-state index in [0.29, 0.717) is 0 Å². The third kappa shape index (κ3) is 1.95. The number of H-pyrrole nitrogens is 1. The third-order valence-electron chi connectivity index (χ3n) is 2.60. The Morgan fingerprint density at radius 3 is 2.67 bits per heavy atom. The fourth-order valence-electron chi connectivity index (χ4n) is 1.69. The molecule has 0 aliphatic heterocycles. The molecule has 0 saturated heterocycles. The Balaban J connectivity index is 2.11. The van der Waals surface area contributed by atoms with E-state index in [2.05, 4.69) is 15.0 Å². The van der Waals surface area contributed by atoms with Crippen LogP contribution >= 0.6 is 22.9 Å². The number of pyridine rings is 1. The minimum absolute atomic E-state index is 0.723. The van der Waals surface area contributed by atoms with E-state index in [1.807, 2.05) is 43.3 Å². The summed E-state index contributed by atoms with van der Waals surface area (Å²) in [7, 11) is 3.92. The van der Waals surface area contributed by atoms with Gasteiger partial charge in [-0.25, -0.2) is 9.97 Å². The molecule has 4 nitrogen and oxygen atoms in total. The zero-order valence-electron chi connectivity index (χ0n) is 9.94. The summed E-state index contributed by atoms with van der Waals surface area (Å²) in [6.45, 7) is 0. The maximum atomic E-state index is 5.93. The normalized spacial score (nSPS) is 11.1. The average molecular weight is 279 g/mol. The Kier molecular flexibility index (Phi) is 2.72. The van der Waals surface area contributed by atoms with E-state index in [1.165, 1.54) is 11.3 Å². The number of nitrogens with one attached hydrogen (secondary N) is 1. The summed E-state index contributed by atoms with van der Waals surface area (Å²) in [5.41, 5.74) is 1.65. The van der Waals surface area contributed by atoms with Gasteiger partial charge in [-0.3, -0.25) is 0 Å². The van der Waals surface area contributed by atoms with Crippen molar-refractivity contribution in [3.05, 3.63) is 28.6 Å². The number of hydrogen-bond donors (Lipinski definition) is 1. The first kappa shape index (κ1) is 11.5. The lowest BCUT2D eigenvalue weighted by molar-refractivity contribution is 1.08. The average Bonchev–Trinajstić information content (AvgIpc) is 2.93. The van der Waals surface area contributed by atoms with Crippen molar-refractivity contribution in [2.24, 2.45) is 0 Å². The quantitative estimate of drug-likeness (QED) is 0.781. The molecule has 0 aliphatic rings. The zero-order valence-corrected chi connectivity index (χ0v) is 11.5. The molecule has 1 N–H and O–H groups in total. The van der Waals surface area contributed by atoms with E-state index < -0.39 is 0 Å². The van der Waals surface area contributed by atoms with Crippen LogP contribution in [0, 0.1) is 0 Å². The third-order valence-corrected chi connectivity index (χ3v) is 3.83. The number of halogens is 1. The molecule has 0 saturated carbocycles. The molecule has 0 spiro atoms. The second-order valence-corrected chi connectivity index (χ2v) is 5.84. The van der Waals surface area contributed by atoms with Crippen molar-refractivity contribution in [2.45, 2.75) is 0 Å². The second-order valence-electron chi connectivity index (χ2n) is 4.12. The molecule has 92 valence electrons. The highest BCUT2D eigenvalue weighted by atomic mass is 35.5. The van der Waals surface area contributed by atoms with Crippen molar-refractivity contribution in [1.82, 2.24) is 15.0 Å². The van der Waals surface area contributed by atoms with Crippen LogP contribution in [0.25, 0.3) is 21.9 Å². The summed E-state index contributed by atoms with van der Waals surface area (Å²) in [4.78, 5) is 15.2. The summed E-state index contributed by atoms with van der Waals surface area (Å²) >= 11 is 7.43. The number of nitrogens with zero attached hydrogens (tertiary/aromatic N) is 3. The smallest absolute Gasteiger partial charge is 0.180 e. The van der Waals surface area contributed by atoms with E-state index in [0.717, 1.165) is 32.0 Å². The standard InChI is InChI=1S/C12H11ClN4S/c1-17(2)10-6-3-7-11(15-10)16-12(14-7)8-4-5-9(13)18-8/h3-6H,1-2H3,(H,14,15,16). The molecule has 6 heteroatoms. The van der Waals surface area contributed by atoms with Gasteiger partial charge in [0.1, 0.15) is 5.82 Å². The van der Waals surface area contributed by atoms with Gasteiger partial charge in [0.15, 0.2) is 11.5 Å². The van der Waals surface area contributed by atoms with Crippen LogP contribution in [-0.2, 0) is 0 Å². The maximum Gasteiger partial charge on any atom is 0.180 e. The van der Waals surface area contributed by atoms with Crippen LogP contribution in [0.2, 0.25) is 4.34 Å². The van der Waals surface area contributed by atoms with Gasteiger partial charge in [-0.05, 0) is 24.3 Å². The summed E-state index contributed by atoms with van der Waals surface area (Å²) < 4.78 is 0.757. The molecule has 0 radical (unpaired) electrons. The van der Waals surface area contributed by atoms with Gasteiger partial charge in [-0.2, -0.15) is 0 Å². The number of hydrogen-bond acceptors (Lipinski definition) is 4. The first-order valence-corrected chi connectivity index (χ1v) is 6.63. The highest BCUT2D eigenvalue weighted by molar-refractivity contribution is 7.19. The number of fused-ring (bicyclic) bond motifs is 1. The molecule has 0 amide bonds. The van der Waals surface area contributed by atoms with Crippen molar-refractivity contribution >= 4 is 39.9 Å². The van der Waals surface area contributed by atoms with Crippen molar-refractivity contribution in [3.63, 3.8) is 0 Å². The topological polar surface area (TPSA) is 44.8 Å². The molecule has 0 bridgehead atoms. The number of thiophene rings is 1. The summed E-state index contributed by atoms with van der Waals surface area (Å²) in [5, 5.41) is 0. The predicted molar refractivity (Wildman–Crippen MR) is 76.5 cm³/mol. The van der Waals surface area contributed by atoms with Crippen molar-refractivity contribution in [3.8, 4) is 10.7 Å². The Morgan fingerprint density at radius 1 is 1.17 bits per heavy atom. The Morgan fingerprint density at radius 2 is 2.00 bits per heavy atom. The monoisotopic (exact) mass is 278 g/mol. The molecule has 0 aliphatic carbocycles. The fraction of sp³-hybridized carbons (Fsp3) is 0.167. The van der Waals surface area contributed by atoms with Gasteiger partial charge in [0, 0.05) is 14.1 Å². The molecule has 18 heavy (non-hydrogen) atoms. The highest BCUT2D eigenvalue weighted by Crippen LogP contribution is 2.30. The second kappa shape index (κ2) is 4.26. The van der Waals surface area contributed by atoms with Crippen LogP contribution in [0.3, 0.4) is 0 Å². The SMILES string of the molecule is CN(C)c1ccc2[nH]c(-c3ccc(Cl)s3)nc2n1. The largest absolute Gasteiger partial charge is 0.363 e. The molecular formula is C12H11ClN4S. The zero-order chi connectivity index (χ0) is 12.7. The molecule has 0 aromatic carbocycles. The van der Waals surface area contributed by atoms with Gasteiger partial charge >= 0.3 is 0 Å². The predicted octanol–water partition coefficient (Wildman–Crippen LogP) is 3.41. The number of imidazole rings is 1. The molecule has 3 rings (SSSR count). The Bertz CT molecular complexity index is 701. The van der Waals surface area contributed by atoms with Crippen LogP contribution < -0.4 is 4.90 Å². The first-order valence-electron chi connectivity index (χ1n) is 5.43. The highest BCUT2D eigenvalue weighted by Gasteiger charge is 2.09. The van der Waals surface area contributed by atoms with Gasteiger partial charge in [-0.15, -0.1) is 11.3 Å². The van der Waals surface area contributed by atoms with Crippen LogP contribution in [0.5, 0.6) is 0 Å². The van der Waals surface area contributed by atoms with Gasteiger partial charge < -0.3 is 9.88 Å². The number of aromatic amines is 1. The van der Waals surface area contributed by atoms with Crippen LogP contribution in [0.1, 0.15) is 0 Å². The lowest BCUT2D eigenvalue weighted by atomic mass is 10.4. The van der Waals surface area contributed by atoms with Gasteiger partial charge in [0.2, 0.25) is 0 Å². The van der Waals surface area contributed by atoms with Crippen LogP contribution in [0.15, 0.2) is 24.3 Å². The van der Waals surface area contributed by atoms with Crippen molar-refractivity contribution in [2.75, 3.05) is 19.0 Å². The van der Waals surface area contributed by atoms with Crippen LogP contribution in [-0.4, -0.2) is 29.0 Å². The molecular weight excluding hydrogens is 268 g/mol. The molecule has 3 aromatic heterocycles. The number of anilines is 1. The molecule has 3 aromatic rings. The van der Waals surface area contributed by atoms with E-state index in [9.17, 15) is 0 Å². The first-order chi connectivity index (χ1) is 8.63. The molecule has 0 fully saturated rings. The summed E-state index contributed by atoms with van der Waals surface area (Å²) in [6, 6.07) is 7.78. The van der Waals surface area contributed by atoms with Gasteiger partial charge in [0.05, 0.1) is 14.7 Å². The van der Waals surface area contributed by atoms with E-state index in [4.69, 9.17) is 11.6 Å². The van der Waals surface area contributed by atoms with Gasteiger partial charge in [0.25, 0.3) is 0 Å². The van der Waals surface area contributed by atoms with Crippen LogP contribution in [0.4, 0.5) is 5.82 Å². The Hall–Kier alpha value is -1.59. The van der Waals surface area contributed by atoms with Gasteiger partial charge in [-0.1, -0.05) is 11.6 Å². The Labute approximate surface area is 113 Å². The van der Waals surface area contributed by atoms with E-state index in [-0.39, 0.29) is 0 Å². The lowest BCUT2D eigenvalue weighted by Gasteiger charge is -2.09. The minimum Gasteiger partial charge on any atom is -0.363 e. The lowest BCUT2D eigenvalue weighted by Crippen LogP contribution is -2.10. The van der Waals surface area contributed by atoms with Crippen molar-refractivity contribution in [1.29, 1.82) is 0 Å². The van der Waals surface area contributed by atoms with E-state index >= 15 is 0 Å². The van der Waals surface area contributed by atoms with Crippen molar-refractivity contribution < 1.29 is 0 Å². The molecule has 0 unspecified atom stereocenters. The fourth-order valence-corrected chi connectivity index (χ4v) is 2.68.